The quantitative estimate of drug-likeness (QED) is 0.141. The van der Waals surface area contributed by atoms with Crippen LogP contribution in [-0.2, 0) is 15.7 Å². The zero-order valence-corrected chi connectivity index (χ0v) is 29.2. The molecule has 0 fully saturated rings. The van der Waals surface area contributed by atoms with Crippen molar-refractivity contribution in [1.82, 2.24) is 4.57 Å². The number of aromatic nitrogens is 1. The molecule has 1 atom stereocenters. The third kappa shape index (κ3) is 8.05. The highest BCUT2D eigenvalue weighted by Gasteiger charge is 2.36. The molecule has 0 saturated heterocycles. The van der Waals surface area contributed by atoms with Gasteiger partial charge >= 0.3 is 15.0 Å². The van der Waals surface area contributed by atoms with Gasteiger partial charge in [0.1, 0.15) is 0 Å². The molecule has 4 aromatic rings. The molecule has 2 N–H and O–H groups in total. The highest BCUT2D eigenvalue weighted by Crippen LogP contribution is 2.32. The van der Waals surface area contributed by atoms with Crippen molar-refractivity contribution in [2.75, 3.05) is 0 Å². The van der Waals surface area contributed by atoms with E-state index in [1.807, 2.05) is 27.7 Å². The normalized spacial score (nSPS) is 13.9. The molecule has 4 rings (SSSR count). The first-order valence-corrected chi connectivity index (χ1v) is 16.6. The van der Waals surface area contributed by atoms with Gasteiger partial charge < -0.3 is 24.1 Å². The molecule has 3 aromatic carbocycles. The summed E-state index contributed by atoms with van der Waals surface area (Å²) in [5.74, 6) is 0.723. The topological polar surface area (TPSA) is 63.9 Å². The maximum absolute atomic E-state index is 10.6. The van der Waals surface area contributed by atoms with Gasteiger partial charge in [-0.05, 0) is 97.6 Å². The summed E-state index contributed by atoms with van der Waals surface area (Å²) in [5, 5.41) is 23.4. The zero-order chi connectivity index (χ0) is 33.2. The van der Waals surface area contributed by atoms with E-state index in [0.717, 1.165) is 50.8 Å². The first-order valence-electron chi connectivity index (χ1n) is 16.6. The molecule has 0 spiro atoms. The van der Waals surface area contributed by atoms with Gasteiger partial charge in [0.05, 0.1) is 33.4 Å². The lowest BCUT2D eigenvalue weighted by atomic mass is 9.81. The summed E-state index contributed by atoms with van der Waals surface area (Å²) in [6.45, 7) is 19.2. The van der Waals surface area contributed by atoms with Crippen molar-refractivity contribution < 1.29 is 19.5 Å². The number of benzene rings is 3. The van der Waals surface area contributed by atoms with Gasteiger partial charge in [-0.2, -0.15) is 0 Å². The van der Waals surface area contributed by atoms with Crippen LogP contribution in [-0.4, -0.2) is 52.1 Å². The standard InChI is InChI=1S/C38H53B2NO4/c1-11-13-14-26(12-2)23-27-15-19-30(20-16-27)41-33-21-17-28(39-44-37(7,8)35(3,4)42)24-31(33)32-25-29(18-22-34(32)41)40-45-38(9,10)36(5,6)43/h15-22,24-26,42-43H,11-14,23H2,1-10H3. The Balaban J connectivity index is 1.75. The molecular weight excluding hydrogens is 556 g/mol. The first kappa shape index (κ1) is 35.3. The average Bonchev–Trinajstić information content (AvgIpc) is 3.29. The maximum Gasteiger partial charge on any atom is 0.330 e. The van der Waals surface area contributed by atoms with E-state index in [2.05, 4.69) is 79.1 Å². The van der Waals surface area contributed by atoms with Crippen LogP contribution in [0.3, 0.4) is 0 Å². The van der Waals surface area contributed by atoms with Crippen LogP contribution in [0.4, 0.5) is 0 Å². The molecule has 0 amide bonds. The summed E-state index contributed by atoms with van der Waals surface area (Å²) in [5.41, 5.74) is 2.98. The van der Waals surface area contributed by atoms with Crippen LogP contribution in [0.25, 0.3) is 27.5 Å². The molecule has 240 valence electrons. The van der Waals surface area contributed by atoms with E-state index in [9.17, 15) is 10.2 Å². The summed E-state index contributed by atoms with van der Waals surface area (Å²) >= 11 is 0. The minimum Gasteiger partial charge on any atom is -0.427 e. The summed E-state index contributed by atoms with van der Waals surface area (Å²) in [7, 11) is 3.48. The van der Waals surface area contributed by atoms with Gasteiger partial charge in [-0.25, -0.2) is 0 Å². The van der Waals surface area contributed by atoms with Crippen molar-refractivity contribution in [1.29, 1.82) is 0 Å². The number of hydrogen-bond acceptors (Lipinski definition) is 4. The smallest absolute Gasteiger partial charge is 0.330 e. The second-order valence-corrected chi connectivity index (χ2v) is 14.8. The molecular formula is C38H53B2NO4. The molecule has 7 heteroatoms. The highest BCUT2D eigenvalue weighted by molar-refractivity contribution is 6.48. The van der Waals surface area contributed by atoms with Crippen LogP contribution in [0, 0.1) is 5.92 Å². The molecule has 0 bridgehead atoms. The van der Waals surface area contributed by atoms with Crippen LogP contribution in [0.1, 0.15) is 100 Å². The van der Waals surface area contributed by atoms with Crippen molar-refractivity contribution in [3.8, 4) is 5.69 Å². The number of rotatable bonds is 15. The summed E-state index contributed by atoms with van der Waals surface area (Å²) in [6, 6.07) is 21.8. The molecule has 0 aliphatic heterocycles. The fraction of sp³-hybridized carbons (Fsp3) is 0.526. The number of fused-ring (bicyclic) bond motifs is 3. The number of unbranched alkanes of at least 4 members (excludes halogenated alkanes) is 1. The molecule has 0 aliphatic rings. The largest absolute Gasteiger partial charge is 0.427 e. The van der Waals surface area contributed by atoms with E-state index in [4.69, 9.17) is 9.31 Å². The van der Waals surface area contributed by atoms with Crippen LogP contribution < -0.4 is 10.9 Å². The summed E-state index contributed by atoms with van der Waals surface area (Å²) in [6.07, 6.45) is 6.14. The van der Waals surface area contributed by atoms with E-state index in [0.29, 0.717) is 0 Å². The second kappa shape index (κ2) is 13.7. The predicted octanol–water partition coefficient (Wildman–Crippen LogP) is 7.16. The van der Waals surface area contributed by atoms with Gasteiger partial charge in [0.15, 0.2) is 0 Å². The lowest BCUT2D eigenvalue weighted by Gasteiger charge is -2.37. The lowest BCUT2D eigenvalue weighted by Crippen LogP contribution is -2.49. The van der Waals surface area contributed by atoms with E-state index in [-0.39, 0.29) is 0 Å². The van der Waals surface area contributed by atoms with Crippen LogP contribution in [0.5, 0.6) is 0 Å². The van der Waals surface area contributed by atoms with Crippen molar-refractivity contribution >= 4 is 47.7 Å². The third-order valence-electron chi connectivity index (χ3n) is 10.0. The molecule has 1 heterocycles. The van der Waals surface area contributed by atoms with E-state index in [1.54, 1.807) is 42.7 Å². The van der Waals surface area contributed by atoms with E-state index in [1.165, 1.54) is 31.2 Å². The highest BCUT2D eigenvalue weighted by atomic mass is 16.5. The van der Waals surface area contributed by atoms with Gasteiger partial charge in [-0.15, -0.1) is 0 Å². The fourth-order valence-electron chi connectivity index (χ4n) is 5.26. The minimum atomic E-state index is -1.01. The Morgan fingerprint density at radius 2 is 1.16 bits per heavy atom. The Labute approximate surface area is 272 Å². The van der Waals surface area contributed by atoms with Crippen LogP contribution >= 0.6 is 0 Å². The second-order valence-electron chi connectivity index (χ2n) is 14.8. The molecule has 1 unspecified atom stereocenters. The molecule has 0 saturated carbocycles. The zero-order valence-electron chi connectivity index (χ0n) is 29.2. The number of aliphatic hydroxyl groups is 2. The summed E-state index contributed by atoms with van der Waals surface area (Å²) < 4.78 is 14.5. The van der Waals surface area contributed by atoms with Crippen LogP contribution in [0.2, 0.25) is 0 Å². The van der Waals surface area contributed by atoms with Gasteiger partial charge in [0.2, 0.25) is 0 Å². The minimum absolute atomic E-state index is 0.723. The molecule has 2 radical (unpaired) electrons. The van der Waals surface area contributed by atoms with Gasteiger partial charge in [0.25, 0.3) is 0 Å². The van der Waals surface area contributed by atoms with Crippen molar-refractivity contribution in [2.45, 2.75) is 124 Å². The SMILES string of the molecule is CCCCC(CC)Cc1ccc(-n2c3ccc([B]OC(C)(C)C(C)(C)O)cc3c3cc([B]OC(C)(C)C(C)(C)O)ccc32)cc1. The Kier molecular flexibility index (Phi) is 10.7. The van der Waals surface area contributed by atoms with E-state index >= 15 is 0 Å². The molecule has 45 heavy (non-hydrogen) atoms. The molecule has 5 nitrogen and oxygen atoms in total. The Bertz CT molecular complexity index is 1490. The number of hydrogen-bond donors (Lipinski definition) is 2. The Morgan fingerprint density at radius 3 is 1.56 bits per heavy atom. The average molecular weight is 609 g/mol. The van der Waals surface area contributed by atoms with Crippen molar-refractivity contribution in [3.63, 3.8) is 0 Å². The van der Waals surface area contributed by atoms with Gasteiger partial charge in [-0.3, -0.25) is 0 Å². The Morgan fingerprint density at radius 1 is 0.689 bits per heavy atom. The van der Waals surface area contributed by atoms with Crippen LogP contribution in [0.15, 0.2) is 60.7 Å². The van der Waals surface area contributed by atoms with Crippen molar-refractivity contribution in [3.05, 3.63) is 66.2 Å². The van der Waals surface area contributed by atoms with Gasteiger partial charge in [-0.1, -0.05) is 86.9 Å². The fourth-order valence-corrected chi connectivity index (χ4v) is 5.26. The predicted molar refractivity (Wildman–Crippen MR) is 191 cm³/mol. The first-order chi connectivity index (χ1) is 21.0. The molecule has 1 aromatic heterocycles. The maximum atomic E-state index is 10.6. The van der Waals surface area contributed by atoms with E-state index < -0.39 is 22.4 Å². The van der Waals surface area contributed by atoms with Crippen molar-refractivity contribution in [2.24, 2.45) is 5.92 Å². The van der Waals surface area contributed by atoms with Gasteiger partial charge in [0, 0.05) is 16.5 Å². The third-order valence-corrected chi connectivity index (χ3v) is 10.0. The number of nitrogens with zero attached hydrogens (tertiary/aromatic N) is 1. The summed E-state index contributed by atoms with van der Waals surface area (Å²) in [4.78, 5) is 0. The Hall–Kier alpha value is -2.57. The molecule has 0 aliphatic carbocycles. The monoisotopic (exact) mass is 609 g/mol. The lowest BCUT2D eigenvalue weighted by molar-refractivity contribution is -0.0893.